The standard InChI is InChI=1S/C22H20F2N4/c1-27-12-14(11-25-27)13-28-9-8-17-16-4-2-3-5-20(16)26-21(17)22(28)18-10-15(23)6-7-19(18)24/h2-7,10-12,22,26H,8-9,13H2,1H3/t22-/m0/s1. The smallest absolute Gasteiger partial charge is 0.128 e. The van der Waals surface area contributed by atoms with Crippen LogP contribution in [0.25, 0.3) is 10.9 Å². The van der Waals surface area contributed by atoms with Crippen molar-refractivity contribution in [2.75, 3.05) is 6.54 Å². The second-order valence-corrected chi connectivity index (χ2v) is 7.37. The molecule has 142 valence electrons. The van der Waals surface area contributed by atoms with Crippen LogP contribution in [0.15, 0.2) is 54.9 Å². The molecule has 0 saturated carbocycles. The van der Waals surface area contributed by atoms with Crippen LogP contribution in [0.4, 0.5) is 8.78 Å². The van der Waals surface area contributed by atoms with Gasteiger partial charge in [-0.15, -0.1) is 0 Å². The molecule has 0 unspecified atom stereocenters. The molecule has 4 nitrogen and oxygen atoms in total. The lowest BCUT2D eigenvalue weighted by Gasteiger charge is -2.36. The number of aromatic amines is 1. The maximum absolute atomic E-state index is 14.8. The first kappa shape index (κ1) is 17.1. The summed E-state index contributed by atoms with van der Waals surface area (Å²) in [7, 11) is 1.87. The molecule has 1 atom stereocenters. The Morgan fingerprint density at radius 3 is 2.86 bits per heavy atom. The van der Waals surface area contributed by atoms with Gasteiger partial charge < -0.3 is 4.98 Å². The monoisotopic (exact) mass is 378 g/mol. The summed E-state index contributed by atoms with van der Waals surface area (Å²) >= 11 is 0. The molecule has 28 heavy (non-hydrogen) atoms. The molecule has 0 spiro atoms. The second-order valence-electron chi connectivity index (χ2n) is 7.37. The Kier molecular flexibility index (Phi) is 4.02. The summed E-state index contributed by atoms with van der Waals surface area (Å²) in [6.45, 7) is 1.37. The minimum Gasteiger partial charge on any atom is -0.357 e. The van der Waals surface area contributed by atoms with Gasteiger partial charge in [0.2, 0.25) is 0 Å². The number of aryl methyl sites for hydroxylation is 1. The van der Waals surface area contributed by atoms with Crippen molar-refractivity contribution in [1.29, 1.82) is 0 Å². The molecule has 0 aliphatic carbocycles. The van der Waals surface area contributed by atoms with E-state index in [1.807, 2.05) is 37.6 Å². The highest BCUT2D eigenvalue weighted by Gasteiger charge is 2.33. The van der Waals surface area contributed by atoms with Crippen molar-refractivity contribution in [3.05, 3.63) is 88.9 Å². The van der Waals surface area contributed by atoms with E-state index in [1.165, 1.54) is 23.8 Å². The molecule has 6 heteroatoms. The van der Waals surface area contributed by atoms with Gasteiger partial charge in [-0.2, -0.15) is 5.10 Å². The average molecular weight is 378 g/mol. The third kappa shape index (κ3) is 2.81. The van der Waals surface area contributed by atoms with E-state index in [0.717, 1.165) is 35.1 Å². The minimum atomic E-state index is -0.430. The van der Waals surface area contributed by atoms with Crippen molar-refractivity contribution in [1.82, 2.24) is 19.7 Å². The summed E-state index contributed by atoms with van der Waals surface area (Å²) in [5.74, 6) is -0.824. The Bertz CT molecular complexity index is 1160. The van der Waals surface area contributed by atoms with Crippen LogP contribution in [-0.2, 0) is 20.0 Å². The largest absolute Gasteiger partial charge is 0.357 e. The van der Waals surface area contributed by atoms with Gasteiger partial charge in [0, 0.05) is 54.1 Å². The number of para-hydroxylation sites is 1. The topological polar surface area (TPSA) is 36.9 Å². The summed E-state index contributed by atoms with van der Waals surface area (Å²) in [6, 6.07) is 11.4. The number of hydrogen-bond acceptors (Lipinski definition) is 2. The average Bonchev–Trinajstić information content (AvgIpc) is 3.27. The van der Waals surface area contributed by atoms with E-state index in [2.05, 4.69) is 21.0 Å². The molecule has 0 radical (unpaired) electrons. The molecule has 3 heterocycles. The Morgan fingerprint density at radius 2 is 2.04 bits per heavy atom. The highest BCUT2D eigenvalue weighted by atomic mass is 19.1. The van der Waals surface area contributed by atoms with E-state index >= 15 is 0 Å². The maximum Gasteiger partial charge on any atom is 0.128 e. The molecule has 1 aliphatic heterocycles. The lowest BCUT2D eigenvalue weighted by atomic mass is 9.91. The fraction of sp³-hybridized carbons (Fsp3) is 0.227. The molecule has 0 saturated heterocycles. The SMILES string of the molecule is Cn1cc(CN2CCc3c([nH]c4ccccc34)[C@@H]2c2cc(F)ccc2F)cn1. The quantitative estimate of drug-likeness (QED) is 0.576. The minimum absolute atomic E-state index is 0.358. The molecule has 0 fully saturated rings. The molecule has 1 N–H and O–H groups in total. The second kappa shape index (κ2) is 6.56. The number of rotatable bonds is 3. The fourth-order valence-corrected chi connectivity index (χ4v) is 4.33. The van der Waals surface area contributed by atoms with Gasteiger partial charge in [0.1, 0.15) is 11.6 Å². The first-order valence-electron chi connectivity index (χ1n) is 9.36. The molecular formula is C22H20F2N4. The van der Waals surface area contributed by atoms with Crippen LogP contribution in [0, 0.1) is 11.6 Å². The highest BCUT2D eigenvalue weighted by molar-refractivity contribution is 5.85. The van der Waals surface area contributed by atoms with Gasteiger partial charge in [-0.05, 0) is 36.2 Å². The molecule has 4 aromatic rings. The number of fused-ring (bicyclic) bond motifs is 3. The zero-order chi connectivity index (χ0) is 19.3. The fourth-order valence-electron chi connectivity index (χ4n) is 4.33. The zero-order valence-electron chi connectivity index (χ0n) is 15.5. The summed E-state index contributed by atoms with van der Waals surface area (Å²) in [5.41, 5.74) is 4.56. The summed E-state index contributed by atoms with van der Waals surface area (Å²) in [6.07, 6.45) is 4.63. The third-order valence-electron chi connectivity index (χ3n) is 5.53. The van der Waals surface area contributed by atoms with E-state index in [4.69, 9.17) is 0 Å². The first-order valence-corrected chi connectivity index (χ1v) is 9.36. The van der Waals surface area contributed by atoms with Crippen molar-refractivity contribution >= 4 is 10.9 Å². The Morgan fingerprint density at radius 1 is 1.18 bits per heavy atom. The molecule has 2 aromatic heterocycles. The number of hydrogen-bond donors (Lipinski definition) is 1. The zero-order valence-corrected chi connectivity index (χ0v) is 15.5. The van der Waals surface area contributed by atoms with Gasteiger partial charge in [-0.3, -0.25) is 9.58 Å². The number of nitrogens with one attached hydrogen (secondary N) is 1. The molecule has 0 bridgehead atoms. The number of halogens is 2. The maximum atomic E-state index is 14.8. The van der Waals surface area contributed by atoms with Crippen molar-refractivity contribution in [2.24, 2.45) is 7.05 Å². The Balaban J connectivity index is 1.66. The van der Waals surface area contributed by atoms with Crippen molar-refractivity contribution in [2.45, 2.75) is 19.0 Å². The number of benzene rings is 2. The number of nitrogens with zero attached hydrogens (tertiary/aromatic N) is 3. The molecule has 2 aromatic carbocycles. The van der Waals surface area contributed by atoms with Crippen molar-refractivity contribution < 1.29 is 8.78 Å². The first-order chi connectivity index (χ1) is 13.6. The van der Waals surface area contributed by atoms with Crippen LogP contribution in [0.3, 0.4) is 0 Å². The lowest BCUT2D eigenvalue weighted by Crippen LogP contribution is -2.36. The van der Waals surface area contributed by atoms with Crippen LogP contribution in [0.2, 0.25) is 0 Å². The Hall–Kier alpha value is -2.99. The van der Waals surface area contributed by atoms with Gasteiger partial charge >= 0.3 is 0 Å². The molecular weight excluding hydrogens is 358 g/mol. The van der Waals surface area contributed by atoms with E-state index in [0.29, 0.717) is 12.1 Å². The highest BCUT2D eigenvalue weighted by Crippen LogP contribution is 2.40. The van der Waals surface area contributed by atoms with E-state index < -0.39 is 11.6 Å². The summed E-state index contributed by atoms with van der Waals surface area (Å²) < 4.78 is 30.6. The Labute approximate surface area is 161 Å². The van der Waals surface area contributed by atoms with Crippen LogP contribution in [0.1, 0.15) is 28.4 Å². The van der Waals surface area contributed by atoms with Gasteiger partial charge in [-0.1, -0.05) is 18.2 Å². The van der Waals surface area contributed by atoms with E-state index in [1.54, 1.807) is 4.68 Å². The molecule has 1 aliphatic rings. The van der Waals surface area contributed by atoms with Crippen LogP contribution >= 0.6 is 0 Å². The van der Waals surface area contributed by atoms with Crippen LogP contribution in [0.5, 0.6) is 0 Å². The predicted molar refractivity (Wildman–Crippen MR) is 104 cm³/mol. The van der Waals surface area contributed by atoms with Gasteiger partial charge in [-0.25, -0.2) is 8.78 Å². The van der Waals surface area contributed by atoms with Gasteiger partial charge in [0.25, 0.3) is 0 Å². The summed E-state index contributed by atoms with van der Waals surface area (Å²) in [5, 5.41) is 5.39. The van der Waals surface area contributed by atoms with Crippen molar-refractivity contribution in [3.63, 3.8) is 0 Å². The van der Waals surface area contributed by atoms with Crippen LogP contribution in [-0.4, -0.2) is 26.2 Å². The van der Waals surface area contributed by atoms with Crippen molar-refractivity contribution in [3.8, 4) is 0 Å². The van der Waals surface area contributed by atoms with Gasteiger partial charge in [0.05, 0.1) is 12.2 Å². The third-order valence-corrected chi connectivity index (χ3v) is 5.53. The number of aromatic nitrogens is 3. The summed E-state index contributed by atoms with van der Waals surface area (Å²) in [4.78, 5) is 5.67. The normalized spacial score (nSPS) is 17.2. The molecule has 5 rings (SSSR count). The lowest BCUT2D eigenvalue weighted by molar-refractivity contribution is 0.198. The van der Waals surface area contributed by atoms with Gasteiger partial charge in [0.15, 0.2) is 0 Å². The van der Waals surface area contributed by atoms with E-state index in [9.17, 15) is 8.78 Å². The van der Waals surface area contributed by atoms with Crippen LogP contribution < -0.4 is 0 Å². The number of H-pyrrole nitrogens is 1. The van der Waals surface area contributed by atoms with E-state index in [-0.39, 0.29) is 6.04 Å². The molecule has 0 amide bonds. The predicted octanol–water partition coefficient (Wildman–Crippen LogP) is 4.33.